The molecule has 1 saturated heterocycles. The molecule has 0 saturated carbocycles. The van der Waals surface area contributed by atoms with Crippen molar-refractivity contribution >= 4 is 11.7 Å². The number of hydrogen-bond donors (Lipinski definition) is 1. The van der Waals surface area contributed by atoms with Crippen molar-refractivity contribution in [3.05, 3.63) is 45.7 Å². The second-order valence-electron chi connectivity index (χ2n) is 9.17. The van der Waals surface area contributed by atoms with E-state index in [1.54, 1.807) is 14.2 Å². The lowest BCUT2D eigenvalue weighted by Gasteiger charge is -2.41. The molecule has 1 aromatic carbocycles. The molecule has 0 bridgehead atoms. The number of carboxylic acid groups (broad SMARTS) is 1. The van der Waals surface area contributed by atoms with Crippen LogP contribution in [0.4, 0.5) is 5.69 Å². The topological polar surface area (TPSA) is 81.0 Å². The molecule has 7 nitrogen and oxygen atoms in total. The number of rotatable bonds is 6. The lowest BCUT2D eigenvalue weighted by Crippen LogP contribution is -2.37. The molecule has 0 spiro atoms. The second kappa shape index (κ2) is 8.04. The first-order chi connectivity index (χ1) is 14.8. The van der Waals surface area contributed by atoms with Crippen molar-refractivity contribution in [1.82, 2.24) is 4.57 Å². The Morgan fingerprint density at radius 3 is 2.52 bits per heavy atom. The van der Waals surface area contributed by atoms with Crippen molar-refractivity contribution in [3.8, 4) is 17.0 Å². The number of methoxy groups -OCH3 is 2. The van der Waals surface area contributed by atoms with Crippen molar-refractivity contribution in [2.45, 2.75) is 39.2 Å². The quantitative estimate of drug-likeness (QED) is 0.760. The predicted molar refractivity (Wildman–Crippen MR) is 119 cm³/mol. The van der Waals surface area contributed by atoms with E-state index in [0.29, 0.717) is 13.0 Å². The minimum Gasteiger partial charge on any atom is -0.495 e. The Morgan fingerprint density at radius 2 is 1.90 bits per heavy atom. The molecule has 1 unspecified atom stereocenters. The van der Waals surface area contributed by atoms with Crippen molar-refractivity contribution in [3.63, 3.8) is 0 Å². The lowest BCUT2D eigenvalue weighted by molar-refractivity contribution is 0.0615. The van der Waals surface area contributed by atoms with Gasteiger partial charge in [0.2, 0.25) is 0 Å². The molecule has 1 fully saturated rings. The zero-order valence-electron chi connectivity index (χ0n) is 18.6. The van der Waals surface area contributed by atoms with Crippen molar-refractivity contribution in [1.29, 1.82) is 0 Å². The molecule has 166 valence electrons. The summed E-state index contributed by atoms with van der Waals surface area (Å²) in [6.45, 7) is 6.74. The fraction of sp³-hybridized carbons (Fsp3) is 0.500. The number of benzene rings is 1. The maximum atomic E-state index is 12.6. The van der Waals surface area contributed by atoms with Crippen LogP contribution in [-0.4, -0.2) is 49.6 Å². The first kappa shape index (κ1) is 21.4. The molecule has 31 heavy (non-hydrogen) atoms. The fourth-order valence-corrected chi connectivity index (χ4v) is 5.00. The molecule has 4 rings (SSSR count). The molecule has 1 N–H and O–H groups in total. The number of nitrogens with zero attached hydrogens (tertiary/aromatic N) is 2. The molecule has 2 aliphatic rings. The number of fused-ring (bicyclic) bond motifs is 3. The highest BCUT2D eigenvalue weighted by atomic mass is 16.5. The highest BCUT2D eigenvalue weighted by molar-refractivity contribution is 5.88. The molecule has 0 radical (unpaired) electrons. The highest BCUT2D eigenvalue weighted by Gasteiger charge is 2.37. The van der Waals surface area contributed by atoms with Crippen LogP contribution in [0.25, 0.3) is 11.3 Å². The smallest absolute Gasteiger partial charge is 0.341 e. The number of aromatic carboxylic acids is 1. The maximum absolute atomic E-state index is 12.6. The summed E-state index contributed by atoms with van der Waals surface area (Å²) in [5.74, 6) is -0.437. The van der Waals surface area contributed by atoms with Crippen LogP contribution in [0.3, 0.4) is 0 Å². The van der Waals surface area contributed by atoms with E-state index in [1.165, 1.54) is 25.1 Å². The van der Waals surface area contributed by atoms with E-state index in [4.69, 9.17) is 9.47 Å². The third-order valence-corrected chi connectivity index (χ3v) is 6.60. The zero-order chi connectivity index (χ0) is 22.3. The molecule has 0 amide bonds. The first-order valence-electron chi connectivity index (χ1n) is 10.7. The average Bonchev–Trinajstić information content (AvgIpc) is 3.26. The van der Waals surface area contributed by atoms with E-state index >= 15 is 0 Å². The minimum absolute atomic E-state index is 0.0616. The normalized spacial score (nSPS) is 17.9. The molecule has 2 aliphatic heterocycles. The average molecular weight is 427 g/mol. The molecule has 3 heterocycles. The van der Waals surface area contributed by atoms with Crippen LogP contribution in [0, 0.1) is 5.41 Å². The SMILES string of the molecule is COCC(C)(C)C1Cc2cc(N3CCCC3)c(OC)cc2-c2cc(=O)c(C(=O)O)cn21. The van der Waals surface area contributed by atoms with Gasteiger partial charge in [-0.15, -0.1) is 0 Å². The van der Waals surface area contributed by atoms with Crippen molar-refractivity contribution < 1.29 is 19.4 Å². The van der Waals surface area contributed by atoms with Crippen LogP contribution in [0.2, 0.25) is 0 Å². The van der Waals surface area contributed by atoms with Crippen LogP contribution in [0.15, 0.2) is 29.2 Å². The van der Waals surface area contributed by atoms with Gasteiger partial charge < -0.3 is 24.0 Å². The summed E-state index contributed by atoms with van der Waals surface area (Å²) in [7, 11) is 3.33. The summed E-state index contributed by atoms with van der Waals surface area (Å²) in [5.41, 5.74) is 2.87. The summed E-state index contributed by atoms with van der Waals surface area (Å²) in [4.78, 5) is 26.6. The van der Waals surface area contributed by atoms with E-state index < -0.39 is 11.4 Å². The summed E-state index contributed by atoms with van der Waals surface area (Å²) in [6, 6.07) is 5.57. The van der Waals surface area contributed by atoms with Gasteiger partial charge in [-0.2, -0.15) is 0 Å². The van der Waals surface area contributed by atoms with Crippen LogP contribution in [-0.2, 0) is 11.2 Å². The van der Waals surface area contributed by atoms with Gasteiger partial charge in [0.25, 0.3) is 0 Å². The number of anilines is 1. The van der Waals surface area contributed by atoms with Gasteiger partial charge in [0.15, 0.2) is 5.43 Å². The standard InChI is InChI=1S/C24H30N2O5/c1-24(2,14-30-3)22-10-15-9-19(25-7-5-6-8-25)21(31-4)11-16(15)18-12-20(27)17(23(28)29)13-26(18)22/h9,11-13,22H,5-8,10,14H2,1-4H3,(H,28,29). The fourth-order valence-electron chi connectivity index (χ4n) is 5.00. The Labute approximate surface area is 182 Å². The number of pyridine rings is 1. The number of carbonyl (C=O) groups is 1. The third kappa shape index (κ3) is 3.71. The summed E-state index contributed by atoms with van der Waals surface area (Å²) < 4.78 is 13.2. The van der Waals surface area contributed by atoms with Gasteiger partial charge in [-0.3, -0.25) is 4.79 Å². The van der Waals surface area contributed by atoms with Crippen LogP contribution < -0.4 is 15.1 Å². The van der Waals surface area contributed by atoms with Crippen molar-refractivity contribution in [2.75, 3.05) is 38.8 Å². The Kier molecular flexibility index (Phi) is 5.56. The lowest BCUT2D eigenvalue weighted by atomic mass is 9.77. The molecule has 1 aromatic heterocycles. The van der Waals surface area contributed by atoms with Gasteiger partial charge >= 0.3 is 5.97 Å². The van der Waals surface area contributed by atoms with Gasteiger partial charge in [-0.25, -0.2) is 4.79 Å². The van der Waals surface area contributed by atoms with E-state index in [-0.39, 0.29) is 17.0 Å². The molecule has 0 aliphatic carbocycles. The largest absolute Gasteiger partial charge is 0.495 e. The van der Waals surface area contributed by atoms with Gasteiger partial charge in [0, 0.05) is 49.5 Å². The number of ether oxygens (including phenoxy) is 2. The molecular weight excluding hydrogens is 396 g/mol. The Balaban J connectivity index is 1.94. The highest BCUT2D eigenvalue weighted by Crippen LogP contribution is 2.46. The number of carboxylic acids is 1. The molecule has 1 atom stereocenters. The van der Waals surface area contributed by atoms with Gasteiger partial charge in [-0.1, -0.05) is 13.8 Å². The van der Waals surface area contributed by atoms with Crippen LogP contribution in [0.5, 0.6) is 5.75 Å². The number of hydrogen-bond acceptors (Lipinski definition) is 5. The van der Waals surface area contributed by atoms with Gasteiger partial charge in [-0.05, 0) is 37.0 Å². The minimum atomic E-state index is -1.21. The summed E-state index contributed by atoms with van der Waals surface area (Å²) >= 11 is 0. The monoisotopic (exact) mass is 426 g/mol. The van der Waals surface area contributed by atoms with Crippen LogP contribution >= 0.6 is 0 Å². The summed E-state index contributed by atoms with van der Waals surface area (Å²) in [6.07, 6.45) is 4.54. The van der Waals surface area contributed by atoms with E-state index in [2.05, 4.69) is 24.8 Å². The van der Waals surface area contributed by atoms with E-state index in [1.807, 2.05) is 10.6 Å². The zero-order valence-corrected chi connectivity index (χ0v) is 18.6. The van der Waals surface area contributed by atoms with E-state index in [9.17, 15) is 14.7 Å². The Bertz CT molecular complexity index is 1070. The van der Waals surface area contributed by atoms with Gasteiger partial charge in [0.05, 0.1) is 25.1 Å². The first-order valence-corrected chi connectivity index (χ1v) is 10.7. The van der Waals surface area contributed by atoms with Crippen LogP contribution in [0.1, 0.15) is 48.7 Å². The second-order valence-corrected chi connectivity index (χ2v) is 9.17. The molecule has 7 heteroatoms. The van der Waals surface area contributed by atoms with Gasteiger partial charge in [0.1, 0.15) is 11.3 Å². The summed E-state index contributed by atoms with van der Waals surface area (Å²) in [5, 5.41) is 9.53. The van der Waals surface area contributed by atoms with E-state index in [0.717, 1.165) is 41.3 Å². The molecule has 2 aromatic rings. The maximum Gasteiger partial charge on any atom is 0.341 e. The number of aromatic nitrogens is 1. The Hall–Kier alpha value is -2.80. The Morgan fingerprint density at radius 1 is 1.19 bits per heavy atom. The predicted octanol–water partition coefficient (Wildman–Crippen LogP) is 3.59. The van der Waals surface area contributed by atoms with Crippen molar-refractivity contribution in [2.24, 2.45) is 5.41 Å². The molecular formula is C24H30N2O5. The third-order valence-electron chi connectivity index (χ3n) is 6.60.